The Balaban J connectivity index is 3.29. The lowest BCUT2D eigenvalue weighted by Crippen LogP contribution is -2.28. The summed E-state index contributed by atoms with van der Waals surface area (Å²) in [6.45, 7) is 10.6. The van der Waals surface area contributed by atoms with Gasteiger partial charge in [-0.1, -0.05) is 52.8 Å². The zero-order chi connectivity index (χ0) is 13.1. The van der Waals surface area contributed by atoms with E-state index in [9.17, 15) is 0 Å². The number of hydrogen-bond acceptors (Lipinski definition) is 1. The molecule has 0 aliphatic carbocycles. The van der Waals surface area contributed by atoms with E-state index in [1.807, 2.05) is 0 Å². The van der Waals surface area contributed by atoms with E-state index in [1.54, 1.807) is 0 Å². The molecule has 0 saturated heterocycles. The molecule has 0 atom stereocenters. The largest absolute Gasteiger partial charge is 0.387 e. The number of nitrogens with two attached hydrogens (primary N) is 1. The molecule has 0 saturated carbocycles. The van der Waals surface area contributed by atoms with E-state index in [0.717, 1.165) is 18.5 Å². The molecular weight excluding hydrogens is 208 g/mol. The van der Waals surface area contributed by atoms with Crippen LogP contribution in [0.25, 0.3) is 0 Å². The second-order valence-corrected chi connectivity index (χ2v) is 5.38. The monoisotopic (exact) mass is 232 g/mol. The molecule has 0 radical (unpaired) electrons. The van der Waals surface area contributed by atoms with Crippen LogP contribution in [0.2, 0.25) is 0 Å². The number of amidine groups is 1. The molecule has 2 N–H and O–H groups in total. The van der Waals surface area contributed by atoms with Crippen LogP contribution in [-0.4, -0.2) is 5.84 Å². The number of aliphatic imine (C=N–C) groups is 1. The molecule has 0 heterocycles. The molecule has 0 aliphatic heterocycles. The topological polar surface area (TPSA) is 38.4 Å². The van der Waals surface area contributed by atoms with Gasteiger partial charge in [-0.25, -0.2) is 4.99 Å². The molecule has 2 nitrogen and oxygen atoms in total. The minimum absolute atomic E-state index is 0.0775. The Hall–Kier alpha value is -1.31. The minimum Gasteiger partial charge on any atom is -0.387 e. The van der Waals surface area contributed by atoms with Gasteiger partial charge in [0.15, 0.2) is 0 Å². The minimum atomic E-state index is -0.0775. The summed E-state index contributed by atoms with van der Waals surface area (Å²) in [5.41, 5.74) is 9.63. The lowest BCUT2D eigenvalue weighted by atomic mass is 9.95. The highest BCUT2D eigenvalue weighted by molar-refractivity contribution is 5.88. The van der Waals surface area contributed by atoms with Crippen molar-refractivity contribution >= 4 is 11.5 Å². The number of hydrogen-bond donors (Lipinski definition) is 1. The molecule has 17 heavy (non-hydrogen) atoms. The van der Waals surface area contributed by atoms with Gasteiger partial charge in [0.1, 0.15) is 5.84 Å². The first-order chi connectivity index (χ1) is 7.90. The van der Waals surface area contributed by atoms with E-state index in [0.29, 0.717) is 5.84 Å². The Kier molecular flexibility index (Phi) is 4.33. The zero-order valence-electron chi connectivity index (χ0n) is 11.7. The lowest BCUT2D eigenvalue weighted by Gasteiger charge is -2.19. The standard InChI is InChI=1S/C15H24N2/c1-6-11-9-8-10-12(7-2)13(11)17-14(16)15(3,4)5/h8-10H,6-7H2,1-5H3,(H2,16,17). The maximum atomic E-state index is 6.08. The van der Waals surface area contributed by atoms with Gasteiger partial charge in [-0.2, -0.15) is 0 Å². The first-order valence-corrected chi connectivity index (χ1v) is 6.35. The van der Waals surface area contributed by atoms with Crippen molar-refractivity contribution in [1.82, 2.24) is 0 Å². The summed E-state index contributed by atoms with van der Waals surface area (Å²) in [6.07, 6.45) is 1.98. The van der Waals surface area contributed by atoms with Crippen molar-refractivity contribution in [2.24, 2.45) is 16.1 Å². The van der Waals surface area contributed by atoms with Crippen LogP contribution in [0.4, 0.5) is 5.69 Å². The van der Waals surface area contributed by atoms with Gasteiger partial charge in [-0.15, -0.1) is 0 Å². The Bertz CT molecular complexity index is 389. The highest BCUT2D eigenvalue weighted by Gasteiger charge is 2.16. The molecule has 0 bridgehead atoms. The SMILES string of the molecule is CCc1cccc(CC)c1N=C(N)C(C)(C)C. The summed E-state index contributed by atoms with van der Waals surface area (Å²) in [7, 11) is 0. The van der Waals surface area contributed by atoms with E-state index < -0.39 is 0 Å². The number of aryl methyl sites for hydroxylation is 2. The van der Waals surface area contributed by atoms with Crippen LogP contribution in [0.3, 0.4) is 0 Å². The highest BCUT2D eigenvalue weighted by Crippen LogP contribution is 2.27. The smallest absolute Gasteiger partial charge is 0.105 e. The van der Waals surface area contributed by atoms with Crippen LogP contribution in [0.5, 0.6) is 0 Å². The predicted octanol–water partition coefficient (Wildman–Crippen LogP) is 3.85. The van der Waals surface area contributed by atoms with Gasteiger partial charge >= 0.3 is 0 Å². The average Bonchev–Trinajstić information content (AvgIpc) is 2.28. The lowest BCUT2D eigenvalue weighted by molar-refractivity contribution is 0.585. The van der Waals surface area contributed by atoms with Crippen LogP contribution in [0.15, 0.2) is 23.2 Å². The van der Waals surface area contributed by atoms with Crippen LogP contribution < -0.4 is 5.73 Å². The number of rotatable bonds is 3. The molecule has 1 aromatic rings. The molecule has 1 aromatic carbocycles. The third-order valence-corrected chi connectivity index (χ3v) is 2.97. The molecule has 94 valence electrons. The summed E-state index contributed by atoms with van der Waals surface area (Å²) in [5, 5.41) is 0. The fourth-order valence-corrected chi connectivity index (χ4v) is 1.65. The Morgan fingerprint density at radius 1 is 1.12 bits per heavy atom. The molecule has 0 aromatic heterocycles. The Labute approximate surface area is 105 Å². The van der Waals surface area contributed by atoms with Crippen LogP contribution >= 0.6 is 0 Å². The summed E-state index contributed by atoms with van der Waals surface area (Å²) >= 11 is 0. The van der Waals surface area contributed by atoms with E-state index in [1.165, 1.54) is 11.1 Å². The molecule has 0 aliphatic rings. The van der Waals surface area contributed by atoms with Crippen LogP contribution in [0, 0.1) is 5.41 Å². The van der Waals surface area contributed by atoms with Crippen molar-refractivity contribution in [3.63, 3.8) is 0 Å². The molecule has 2 heteroatoms. The average molecular weight is 232 g/mol. The van der Waals surface area contributed by atoms with E-state index in [2.05, 4.69) is 57.8 Å². The van der Waals surface area contributed by atoms with Gasteiger partial charge < -0.3 is 5.73 Å². The van der Waals surface area contributed by atoms with Gasteiger partial charge in [-0.05, 0) is 24.0 Å². The van der Waals surface area contributed by atoms with Crippen molar-refractivity contribution in [1.29, 1.82) is 0 Å². The molecule has 0 spiro atoms. The first kappa shape index (κ1) is 13.8. The second kappa shape index (κ2) is 5.35. The van der Waals surface area contributed by atoms with Crippen molar-refractivity contribution in [2.45, 2.75) is 47.5 Å². The van der Waals surface area contributed by atoms with Gasteiger partial charge in [-0.3, -0.25) is 0 Å². The molecule has 0 unspecified atom stereocenters. The van der Waals surface area contributed by atoms with Crippen molar-refractivity contribution in [3.8, 4) is 0 Å². The Morgan fingerprint density at radius 2 is 1.59 bits per heavy atom. The van der Waals surface area contributed by atoms with E-state index in [4.69, 9.17) is 5.73 Å². The molecule has 1 rings (SSSR count). The maximum Gasteiger partial charge on any atom is 0.105 e. The van der Waals surface area contributed by atoms with Gasteiger partial charge in [0.25, 0.3) is 0 Å². The molecule has 0 amide bonds. The third-order valence-electron chi connectivity index (χ3n) is 2.97. The fraction of sp³-hybridized carbons (Fsp3) is 0.533. The fourth-order valence-electron chi connectivity index (χ4n) is 1.65. The van der Waals surface area contributed by atoms with Gasteiger partial charge in [0.2, 0.25) is 0 Å². The summed E-state index contributed by atoms with van der Waals surface area (Å²) < 4.78 is 0. The van der Waals surface area contributed by atoms with E-state index >= 15 is 0 Å². The number of para-hydroxylation sites is 1. The summed E-state index contributed by atoms with van der Waals surface area (Å²) in [5.74, 6) is 0.702. The summed E-state index contributed by atoms with van der Waals surface area (Å²) in [4.78, 5) is 4.67. The van der Waals surface area contributed by atoms with Gasteiger partial charge in [0, 0.05) is 5.41 Å². The zero-order valence-corrected chi connectivity index (χ0v) is 11.7. The van der Waals surface area contributed by atoms with E-state index in [-0.39, 0.29) is 5.41 Å². The van der Waals surface area contributed by atoms with Crippen LogP contribution in [-0.2, 0) is 12.8 Å². The highest BCUT2D eigenvalue weighted by atomic mass is 14.9. The van der Waals surface area contributed by atoms with Gasteiger partial charge in [0.05, 0.1) is 5.69 Å². The predicted molar refractivity (Wildman–Crippen MR) is 75.9 cm³/mol. The maximum absolute atomic E-state index is 6.08. The summed E-state index contributed by atoms with van der Waals surface area (Å²) in [6, 6.07) is 6.37. The molecule has 0 fully saturated rings. The third kappa shape index (κ3) is 3.32. The van der Waals surface area contributed by atoms with Crippen molar-refractivity contribution in [2.75, 3.05) is 0 Å². The van der Waals surface area contributed by atoms with Crippen molar-refractivity contribution in [3.05, 3.63) is 29.3 Å². The first-order valence-electron chi connectivity index (χ1n) is 6.35. The number of nitrogens with zero attached hydrogens (tertiary/aromatic N) is 1. The Morgan fingerprint density at radius 3 is 1.94 bits per heavy atom. The van der Waals surface area contributed by atoms with Crippen LogP contribution in [0.1, 0.15) is 45.7 Å². The number of benzene rings is 1. The quantitative estimate of drug-likeness (QED) is 0.624. The second-order valence-electron chi connectivity index (χ2n) is 5.38. The van der Waals surface area contributed by atoms with Crippen molar-refractivity contribution < 1.29 is 0 Å². The normalized spacial score (nSPS) is 12.9. The molecular formula is C15H24N2.